The van der Waals surface area contributed by atoms with Gasteiger partial charge in [-0.3, -0.25) is 9.78 Å². The van der Waals surface area contributed by atoms with Crippen molar-refractivity contribution in [2.45, 2.75) is 26.3 Å². The third-order valence-corrected chi connectivity index (χ3v) is 2.92. The molecule has 0 saturated carbocycles. The second-order valence-electron chi connectivity index (χ2n) is 3.13. The molecule has 0 aliphatic heterocycles. The fourth-order valence-corrected chi connectivity index (χ4v) is 1.82. The van der Waals surface area contributed by atoms with Gasteiger partial charge in [0.05, 0.1) is 18.5 Å². The molecule has 84 valence electrons. The van der Waals surface area contributed by atoms with Gasteiger partial charge in [0.15, 0.2) is 0 Å². The number of thiazole rings is 1. The Bertz CT molecular complexity index is 288. The van der Waals surface area contributed by atoms with Crippen LogP contribution < -0.4 is 5.32 Å². The highest BCUT2D eigenvalue weighted by Gasteiger charge is 2.07. The number of nitrogens with zero attached hydrogens (tertiary/aromatic N) is 1. The summed E-state index contributed by atoms with van der Waals surface area (Å²) in [7, 11) is 0. The average Bonchev–Trinajstić information content (AvgIpc) is 2.70. The lowest BCUT2D eigenvalue weighted by molar-refractivity contribution is -0.142. The number of carbonyl (C=O) groups excluding carboxylic acids is 1. The molecule has 0 fully saturated rings. The lowest BCUT2D eigenvalue weighted by Gasteiger charge is -2.10. The molecule has 5 heteroatoms. The summed E-state index contributed by atoms with van der Waals surface area (Å²) in [5.41, 5.74) is 1.80. The Kier molecular flexibility index (Phi) is 5.28. The first-order chi connectivity index (χ1) is 7.24. The molecule has 1 aromatic heterocycles. The predicted molar refractivity (Wildman–Crippen MR) is 59.8 cm³/mol. The summed E-state index contributed by atoms with van der Waals surface area (Å²) in [5, 5.41) is 3.24. The van der Waals surface area contributed by atoms with E-state index in [0.717, 1.165) is 0 Å². The largest absolute Gasteiger partial charge is 0.466 e. The van der Waals surface area contributed by atoms with Crippen LogP contribution in [0, 0.1) is 0 Å². The molecule has 0 radical (unpaired) electrons. The van der Waals surface area contributed by atoms with Gasteiger partial charge in [-0.1, -0.05) is 0 Å². The molecule has 1 unspecified atom stereocenters. The molecule has 0 aliphatic rings. The lowest BCUT2D eigenvalue weighted by atomic mass is 10.3. The van der Waals surface area contributed by atoms with E-state index in [1.807, 2.05) is 13.1 Å². The molecule has 0 aromatic carbocycles. The van der Waals surface area contributed by atoms with E-state index in [9.17, 15) is 4.79 Å². The van der Waals surface area contributed by atoms with Crippen molar-refractivity contribution in [3.8, 4) is 0 Å². The van der Waals surface area contributed by atoms with Crippen LogP contribution in [-0.4, -0.2) is 24.1 Å². The molecule has 0 spiro atoms. The van der Waals surface area contributed by atoms with Crippen molar-refractivity contribution in [1.82, 2.24) is 10.3 Å². The number of esters is 1. The van der Waals surface area contributed by atoms with Crippen LogP contribution in [0.25, 0.3) is 0 Å². The lowest BCUT2D eigenvalue weighted by Crippen LogP contribution is -2.22. The Morgan fingerprint density at radius 2 is 2.53 bits per heavy atom. The summed E-state index contributed by atoms with van der Waals surface area (Å²) in [6.45, 7) is 4.95. The number of carbonyl (C=O) groups is 1. The molecule has 1 atom stereocenters. The quantitative estimate of drug-likeness (QED) is 0.754. The molecule has 1 rings (SSSR count). The zero-order valence-electron chi connectivity index (χ0n) is 9.03. The standard InChI is InChI=1S/C10H16N2O2S/c1-3-14-10(13)4-5-12-8(2)9-6-11-7-15-9/h6-8,12H,3-5H2,1-2H3. The van der Waals surface area contributed by atoms with Crippen LogP contribution in [0.5, 0.6) is 0 Å². The van der Waals surface area contributed by atoms with Crippen LogP contribution in [0.15, 0.2) is 11.7 Å². The molecule has 4 nitrogen and oxygen atoms in total. The minimum atomic E-state index is -0.151. The van der Waals surface area contributed by atoms with Crippen molar-refractivity contribution < 1.29 is 9.53 Å². The maximum atomic E-state index is 11.0. The van der Waals surface area contributed by atoms with E-state index in [-0.39, 0.29) is 12.0 Å². The highest BCUT2D eigenvalue weighted by molar-refractivity contribution is 7.09. The molecule has 0 aliphatic carbocycles. The minimum Gasteiger partial charge on any atom is -0.466 e. The molecule has 1 aromatic rings. The van der Waals surface area contributed by atoms with E-state index in [0.29, 0.717) is 19.6 Å². The summed E-state index contributed by atoms with van der Waals surface area (Å²) in [5.74, 6) is -0.151. The maximum absolute atomic E-state index is 11.0. The van der Waals surface area contributed by atoms with E-state index in [1.165, 1.54) is 4.88 Å². The molecule has 0 amide bonds. The molecular weight excluding hydrogens is 212 g/mol. The Balaban J connectivity index is 2.18. The van der Waals surface area contributed by atoms with Gasteiger partial charge in [-0.2, -0.15) is 0 Å². The van der Waals surface area contributed by atoms with Gasteiger partial charge >= 0.3 is 5.97 Å². The summed E-state index contributed by atoms with van der Waals surface area (Å²) < 4.78 is 4.83. The molecule has 0 bridgehead atoms. The first-order valence-corrected chi connectivity index (χ1v) is 5.89. The first kappa shape index (κ1) is 12.1. The Morgan fingerprint density at radius 1 is 1.73 bits per heavy atom. The molecule has 1 N–H and O–H groups in total. The van der Waals surface area contributed by atoms with Gasteiger partial charge < -0.3 is 10.1 Å². The Morgan fingerprint density at radius 3 is 3.13 bits per heavy atom. The van der Waals surface area contributed by atoms with E-state index in [4.69, 9.17) is 4.74 Å². The monoisotopic (exact) mass is 228 g/mol. The minimum absolute atomic E-state index is 0.151. The van der Waals surface area contributed by atoms with Crippen LogP contribution in [-0.2, 0) is 9.53 Å². The molecule has 0 saturated heterocycles. The van der Waals surface area contributed by atoms with E-state index in [1.54, 1.807) is 16.8 Å². The molecule has 1 heterocycles. The highest BCUT2D eigenvalue weighted by Crippen LogP contribution is 2.15. The van der Waals surface area contributed by atoms with Crippen LogP contribution in [0.1, 0.15) is 31.2 Å². The second-order valence-corrected chi connectivity index (χ2v) is 4.05. The zero-order valence-corrected chi connectivity index (χ0v) is 9.84. The highest BCUT2D eigenvalue weighted by atomic mass is 32.1. The third kappa shape index (κ3) is 4.40. The maximum Gasteiger partial charge on any atom is 0.307 e. The van der Waals surface area contributed by atoms with Gasteiger partial charge in [0.25, 0.3) is 0 Å². The fourth-order valence-electron chi connectivity index (χ4n) is 1.16. The summed E-state index contributed by atoms with van der Waals surface area (Å²) in [6, 6.07) is 0.243. The predicted octanol–water partition coefficient (Wildman–Crippen LogP) is 1.75. The van der Waals surface area contributed by atoms with Crippen LogP contribution in [0.3, 0.4) is 0 Å². The van der Waals surface area contributed by atoms with Gasteiger partial charge in [0.2, 0.25) is 0 Å². The van der Waals surface area contributed by atoms with E-state index >= 15 is 0 Å². The number of hydrogen-bond donors (Lipinski definition) is 1. The Labute approximate surface area is 93.7 Å². The van der Waals surface area contributed by atoms with Crippen LogP contribution in [0.4, 0.5) is 0 Å². The number of nitrogens with one attached hydrogen (secondary N) is 1. The van der Waals surface area contributed by atoms with Gasteiger partial charge in [-0.05, 0) is 13.8 Å². The SMILES string of the molecule is CCOC(=O)CCNC(C)c1cncs1. The van der Waals surface area contributed by atoms with E-state index < -0.39 is 0 Å². The first-order valence-electron chi connectivity index (χ1n) is 5.01. The normalized spacial score (nSPS) is 12.4. The van der Waals surface area contributed by atoms with Crippen molar-refractivity contribution >= 4 is 17.3 Å². The van der Waals surface area contributed by atoms with Gasteiger partial charge in [0.1, 0.15) is 0 Å². The average molecular weight is 228 g/mol. The van der Waals surface area contributed by atoms with Gasteiger partial charge in [-0.15, -0.1) is 11.3 Å². The smallest absolute Gasteiger partial charge is 0.307 e. The molecular formula is C10H16N2O2S. The van der Waals surface area contributed by atoms with Gasteiger partial charge in [-0.25, -0.2) is 0 Å². The van der Waals surface area contributed by atoms with E-state index in [2.05, 4.69) is 17.2 Å². The van der Waals surface area contributed by atoms with Crippen molar-refractivity contribution in [2.24, 2.45) is 0 Å². The van der Waals surface area contributed by atoms with Crippen molar-refractivity contribution in [3.63, 3.8) is 0 Å². The summed E-state index contributed by atoms with van der Waals surface area (Å²) in [4.78, 5) is 16.2. The second kappa shape index (κ2) is 6.53. The number of aromatic nitrogens is 1. The van der Waals surface area contributed by atoms with Crippen molar-refractivity contribution in [3.05, 3.63) is 16.6 Å². The fraction of sp³-hybridized carbons (Fsp3) is 0.600. The zero-order chi connectivity index (χ0) is 11.1. The summed E-state index contributed by atoms with van der Waals surface area (Å²) >= 11 is 1.61. The number of rotatable bonds is 6. The molecule has 15 heavy (non-hydrogen) atoms. The topological polar surface area (TPSA) is 51.2 Å². The van der Waals surface area contributed by atoms with Crippen LogP contribution >= 0.6 is 11.3 Å². The summed E-state index contributed by atoms with van der Waals surface area (Å²) in [6.07, 6.45) is 2.25. The van der Waals surface area contributed by atoms with Gasteiger partial charge in [0, 0.05) is 23.7 Å². The van der Waals surface area contributed by atoms with Crippen molar-refractivity contribution in [1.29, 1.82) is 0 Å². The third-order valence-electron chi connectivity index (χ3n) is 1.96. The number of hydrogen-bond acceptors (Lipinski definition) is 5. The Hall–Kier alpha value is -0.940. The number of ether oxygens (including phenoxy) is 1. The van der Waals surface area contributed by atoms with Crippen molar-refractivity contribution in [2.75, 3.05) is 13.2 Å². The van der Waals surface area contributed by atoms with Crippen LogP contribution in [0.2, 0.25) is 0 Å².